The Morgan fingerprint density at radius 3 is 2.43 bits per heavy atom. The summed E-state index contributed by atoms with van der Waals surface area (Å²) in [5, 5.41) is 11.2. The molecular weight excluding hydrogens is 274 g/mol. The van der Waals surface area contributed by atoms with Crippen LogP contribution in [-0.4, -0.2) is 65.4 Å². The van der Waals surface area contributed by atoms with Crippen molar-refractivity contribution in [3.63, 3.8) is 0 Å². The van der Waals surface area contributed by atoms with Crippen molar-refractivity contribution in [3.8, 4) is 0 Å². The molecule has 120 valence electrons. The maximum Gasteiger partial charge on any atom is 0.332 e. The van der Waals surface area contributed by atoms with Crippen LogP contribution in [0.5, 0.6) is 0 Å². The van der Waals surface area contributed by atoms with Gasteiger partial charge in [0, 0.05) is 19.1 Å². The highest BCUT2D eigenvalue weighted by Gasteiger charge is 2.39. The molecule has 2 N–H and O–H groups in total. The Morgan fingerprint density at radius 1 is 1.24 bits per heavy atom. The molecule has 0 saturated carbocycles. The molecule has 2 rings (SSSR count). The van der Waals surface area contributed by atoms with Crippen molar-refractivity contribution in [2.75, 3.05) is 20.3 Å². The first kappa shape index (κ1) is 16.0. The molecule has 0 aromatic heterocycles. The minimum Gasteiger partial charge on any atom is -0.481 e. The van der Waals surface area contributed by atoms with Gasteiger partial charge in [-0.2, -0.15) is 0 Å². The summed E-state index contributed by atoms with van der Waals surface area (Å²) < 4.78 is 5.22. The first-order chi connectivity index (χ1) is 9.91. The van der Waals surface area contributed by atoms with E-state index in [1.807, 2.05) is 5.01 Å². The number of carbonyl (C=O) groups is 2. The van der Waals surface area contributed by atoms with Crippen LogP contribution in [0.15, 0.2) is 0 Å². The van der Waals surface area contributed by atoms with E-state index in [0.29, 0.717) is 12.1 Å². The van der Waals surface area contributed by atoms with Gasteiger partial charge < -0.3 is 14.7 Å². The van der Waals surface area contributed by atoms with E-state index < -0.39 is 17.9 Å². The molecule has 21 heavy (non-hydrogen) atoms. The minimum absolute atomic E-state index is 0.161. The van der Waals surface area contributed by atoms with Gasteiger partial charge in [0.05, 0.1) is 19.3 Å². The van der Waals surface area contributed by atoms with Crippen molar-refractivity contribution in [2.45, 2.75) is 51.2 Å². The van der Waals surface area contributed by atoms with E-state index in [0.717, 1.165) is 12.8 Å². The normalized spacial score (nSPS) is 33.7. The van der Waals surface area contributed by atoms with Gasteiger partial charge in [-0.15, -0.1) is 0 Å². The Bertz CT molecular complexity index is 394. The van der Waals surface area contributed by atoms with Gasteiger partial charge in [-0.1, -0.05) is 6.42 Å². The second kappa shape index (κ2) is 6.62. The first-order valence-electron chi connectivity index (χ1n) is 7.54. The Balaban J connectivity index is 1.97. The number of urea groups is 1. The Morgan fingerprint density at radius 2 is 1.86 bits per heavy atom. The standard InChI is InChI=1S/C14H25N3O4/c1-9-5-4-6-10(2)17(9)15-14(20)16(3)12-8-21-7-11(12)13(18)19/h9-12H,4-8H2,1-3H3,(H,15,20)(H,18,19). The average molecular weight is 299 g/mol. The van der Waals surface area contributed by atoms with Gasteiger partial charge in [0.15, 0.2) is 0 Å². The number of carboxylic acid groups (broad SMARTS) is 1. The number of hydrogen-bond acceptors (Lipinski definition) is 4. The maximum absolute atomic E-state index is 12.4. The van der Waals surface area contributed by atoms with Crippen molar-refractivity contribution in [1.82, 2.24) is 15.3 Å². The number of amides is 2. The molecule has 4 atom stereocenters. The molecule has 2 aliphatic heterocycles. The second-order valence-corrected chi connectivity index (χ2v) is 6.11. The van der Waals surface area contributed by atoms with Crippen LogP contribution in [0, 0.1) is 5.92 Å². The van der Waals surface area contributed by atoms with Gasteiger partial charge in [-0.3, -0.25) is 10.2 Å². The molecule has 0 spiro atoms. The lowest BCUT2D eigenvalue weighted by Gasteiger charge is -2.40. The molecule has 2 aliphatic rings. The molecule has 0 bridgehead atoms. The van der Waals surface area contributed by atoms with Crippen LogP contribution in [0.2, 0.25) is 0 Å². The fraction of sp³-hybridized carbons (Fsp3) is 0.857. The zero-order valence-electron chi connectivity index (χ0n) is 12.9. The van der Waals surface area contributed by atoms with E-state index in [4.69, 9.17) is 4.74 Å². The lowest BCUT2D eigenvalue weighted by Crippen LogP contribution is -2.58. The Kier molecular flexibility index (Phi) is 5.05. The summed E-state index contributed by atoms with van der Waals surface area (Å²) in [7, 11) is 1.63. The fourth-order valence-electron chi connectivity index (χ4n) is 3.14. The predicted octanol–water partition coefficient (Wildman–Crippen LogP) is 0.905. The number of piperidine rings is 1. The summed E-state index contributed by atoms with van der Waals surface area (Å²) in [6.45, 7) is 4.61. The quantitative estimate of drug-likeness (QED) is 0.809. The maximum atomic E-state index is 12.4. The number of nitrogens with zero attached hydrogens (tertiary/aromatic N) is 2. The molecule has 4 unspecified atom stereocenters. The van der Waals surface area contributed by atoms with Crippen LogP contribution in [0.4, 0.5) is 4.79 Å². The Hall–Kier alpha value is -1.34. The van der Waals surface area contributed by atoms with E-state index in [1.165, 1.54) is 11.3 Å². The number of aliphatic carboxylic acids is 1. The number of hydrogen-bond donors (Lipinski definition) is 2. The topological polar surface area (TPSA) is 82.1 Å². The summed E-state index contributed by atoms with van der Waals surface area (Å²) in [6, 6.07) is -0.0994. The van der Waals surface area contributed by atoms with Gasteiger partial charge in [-0.25, -0.2) is 9.80 Å². The van der Waals surface area contributed by atoms with Crippen LogP contribution in [0.3, 0.4) is 0 Å². The summed E-state index contributed by atoms with van der Waals surface area (Å²) in [5.41, 5.74) is 2.93. The highest BCUT2D eigenvalue weighted by Crippen LogP contribution is 2.22. The van der Waals surface area contributed by atoms with Crippen LogP contribution in [0.1, 0.15) is 33.1 Å². The fourth-order valence-corrected chi connectivity index (χ4v) is 3.14. The minimum atomic E-state index is -0.920. The van der Waals surface area contributed by atoms with Crippen molar-refractivity contribution in [2.24, 2.45) is 5.92 Å². The Labute approximate surface area is 125 Å². The zero-order valence-corrected chi connectivity index (χ0v) is 12.9. The van der Waals surface area contributed by atoms with E-state index in [9.17, 15) is 14.7 Å². The molecule has 0 aromatic carbocycles. The summed E-state index contributed by atoms with van der Waals surface area (Å²) in [6.07, 6.45) is 3.28. The van der Waals surface area contributed by atoms with E-state index >= 15 is 0 Å². The summed E-state index contributed by atoms with van der Waals surface area (Å²) in [5.74, 6) is -1.58. The summed E-state index contributed by atoms with van der Waals surface area (Å²) >= 11 is 0. The SMILES string of the molecule is CC1CCCC(C)N1NC(=O)N(C)C1COCC1C(=O)O. The van der Waals surface area contributed by atoms with E-state index in [-0.39, 0.29) is 19.2 Å². The van der Waals surface area contributed by atoms with Crippen LogP contribution in [-0.2, 0) is 9.53 Å². The molecule has 7 nitrogen and oxygen atoms in total. The molecule has 2 fully saturated rings. The molecular formula is C14H25N3O4. The molecule has 7 heteroatoms. The zero-order chi connectivity index (χ0) is 15.6. The van der Waals surface area contributed by atoms with Crippen molar-refractivity contribution < 1.29 is 19.4 Å². The number of rotatable bonds is 3. The first-order valence-corrected chi connectivity index (χ1v) is 7.54. The third kappa shape index (κ3) is 3.47. The van der Waals surface area contributed by atoms with Gasteiger partial charge in [0.2, 0.25) is 0 Å². The van der Waals surface area contributed by atoms with Crippen molar-refractivity contribution >= 4 is 12.0 Å². The molecule has 0 aromatic rings. The molecule has 2 heterocycles. The number of nitrogens with one attached hydrogen (secondary N) is 1. The van der Waals surface area contributed by atoms with Crippen LogP contribution >= 0.6 is 0 Å². The van der Waals surface area contributed by atoms with Gasteiger partial charge in [-0.05, 0) is 26.7 Å². The summed E-state index contributed by atoms with van der Waals surface area (Å²) in [4.78, 5) is 25.0. The predicted molar refractivity (Wildman–Crippen MR) is 76.6 cm³/mol. The van der Waals surface area contributed by atoms with Crippen molar-refractivity contribution in [1.29, 1.82) is 0 Å². The van der Waals surface area contributed by atoms with E-state index in [2.05, 4.69) is 19.3 Å². The average Bonchev–Trinajstić information content (AvgIpc) is 2.91. The monoisotopic (exact) mass is 299 g/mol. The molecule has 2 amide bonds. The van der Waals surface area contributed by atoms with Gasteiger partial charge in [0.1, 0.15) is 5.92 Å². The number of likely N-dealkylation sites (N-methyl/N-ethyl adjacent to an activating group) is 1. The second-order valence-electron chi connectivity index (χ2n) is 6.11. The smallest absolute Gasteiger partial charge is 0.332 e. The number of ether oxygens (including phenoxy) is 1. The highest BCUT2D eigenvalue weighted by atomic mass is 16.5. The number of carbonyl (C=O) groups excluding carboxylic acids is 1. The van der Waals surface area contributed by atoms with Gasteiger partial charge in [0.25, 0.3) is 0 Å². The molecule has 0 aliphatic carbocycles. The van der Waals surface area contributed by atoms with Crippen molar-refractivity contribution in [3.05, 3.63) is 0 Å². The lowest BCUT2D eigenvalue weighted by molar-refractivity contribution is -0.142. The van der Waals surface area contributed by atoms with Gasteiger partial charge >= 0.3 is 12.0 Å². The number of carboxylic acids is 1. The third-order valence-electron chi connectivity index (χ3n) is 4.60. The van der Waals surface area contributed by atoms with E-state index in [1.54, 1.807) is 7.05 Å². The lowest BCUT2D eigenvalue weighted by atomic mass is 10.00. The third-order valence-corrected chi connectivity index (χ3v) is 4.60. The van der Waals surface area contributed by atoms with Crippen LogP contribution < -0.4 is 5.43 Å². The largest absolute Gasteiger partial charge is 0.481 e. The highest BCUT2D eigenvalue weighted by molar-refractivity contribution is 5.76. The van der Waals surface area contributed by atoms with Crippen LogP contribution in [0.25, 0.3) is 0 Å². The molecule has 2 saturated heterocycles. The molecule has 0 radical (unpaired) electrons. The number of hydrazine groups is 1.